The molecule has 5 heterocycles. The monoisotopic (exact) mass is 666 g/mol. The first-order chi connectivity index (χ1) is 22.3. The third-order valence-electron chi connectivity index (χ3n) is 9.98. The number of amides is 2. The molecule has 2 amide bonds. The molecule has 18 heteroatoms. The quantitative estimate of drug-likeness (QED) is 0.321. The number of alkyl halides is 5. The van der Waals surface area contributed by atoms with E-state index in [2.05, 4.69) is 30.9 Å². The predicted octanol–water partition coefficient (Wildman–Crippen LogP) is 2.91. The Hall–Kier alpha value is -3.96. The Balaban J connectivity index is 1.25. The first kappa shape index (κ1) is 31.6. The molecule has 0 unspecified atom stereocenters. The number of rotatable bonds is 7. The zero-order valence-corrected chi connectivity index (χ0v) is 25.6. The van der Waals surface area contributed by atoms with Gasteiger partial charge in [-0.25, -0.2) is 22.9 Å². The van der Waals surface area contributed by atoms with E-state index in [9.17, 15) is 31.5 Å². The van der Waals surface area contributed by atoms with Crippen LogP contribution in [-0.4, -0.2) is 85.5 Å². The molecule has 254 valence electrons. The molecule has 3 aromatic rings. The second-order valence-electron chi connectivity index (χ2n) is 13.4. The summed E-state index contributed by atoms with van der Waals surface area (Å²) < 4.78 is 75.2. The van der Waals surface area contributed by atoms with E-state index in [-0.39, 0.29) is 61.2 Å². The highest BCUT2D eigenvalue weighted by Gasteiger charge is 2.48. The topological polar surface area (TPSA) is 155 Å². The molecule has 0 bridgehead atoms. The Morgan fingerprint density at radius 1 is 1.17 bits per heavy atom. The van der Waals surface area contributed by atoms with E-state index in [0.29, 0.717) is 36.8 Å². The zero-order chi connectivity index (χ0) is 33.1. The normalized spacial score (nSPS) is 25.1. The van der Waals surface area contributed by atoms with Gasteiger partial charge < -0.3 is 20.9 Å². The van der Waals surface area contributed by atoms with Gasteiger partial charge in [0.05, 0.1) is 23.9 Å². The van der Waals surface area contributed by atoms with Crippen LogP contribution in [0.1, 0.15) is 78.6 Å². The number of imidazole rings is 1. The number of piperidine rings is 1. The molecule has 2 aliphatic heterocycles. The fourth-order valence-electron chi connectivity index (χ4n) is 7.06. The van der Waals surface area contributed by atoms with Crippen LogP contribution in [0.4, 0.5) is 27.8 Å². The minimum atomic E-state index is -4.45. The average Bonchev–Trinajstić information content (AvgIpc) is 3.39. The number of anilines is 1. The first-order valence-corrected chi connectivity index (χ1v) is 15.9. The van der Waals surface area contributed by atoms with Crippen molar-refractivity contribution in [3.05, 3.63) is 29.0 Å². The summed E-state index contributed by atoms with van der Waals surface area (Å²) in [5, 5.41) is 20.9. The van der Waals surface area contributed by atoms with E-state index < -0.39 is 54.3 Å². The summed E-state index contributed by atoms with van der Waals surface area (Å²) in [7, 11) is 0. The van der Waals surface area contributed by atoms with E-state index in [1.165, 1.54) is 4.52 Å². The summed E-state index contributed by atoms with van der Waals surface area (Å²) in [6.45, 7) is 2.93. The van der Waals surface area contributed by atoms with Crippen molar-refractivity contribution in [2.75, 3.05) is 31.1 Å². The first-order valence-electron chi connectivity index (χ1n) is 15.9. The molecule has 3 atom stereocenters. The summed E-state index contributed by atoms with van der Waals surface area (Å²) in [6.07, 6.45) is -1.85. The molecule has 3 aromatic heterocycles. The largest absolute Gasteiger partial charge is 0.393 e. The van der Waals surface area contributed by atoms with Gasteiger partial charge in [0.15, 0.2) is 11.5 Å². The molecule has 1 spiro atoms. The number of aromatic nitrogens is 6. The second kappa shape index (κ2) is 11.6. The van der Waals surface area contributed by atoms with Crippen LogP contribution in [0.5, 0.6) is 0 Å². The lowest BCUT2D eigenvalue weighted by molar-refractivity contribution is -0.183. The molecule has 47 heavy (non-hydrogen) atoms. The molecule has 4 aliphatic rings. The molecule has 3 N–H and O–H groups in total. The molecule has 2 aliphatic carbocycles. The highest BCUT2D eigenvalue weighted by molar-refractivity contribution is 5.93. The number of nitrogens with zero attached hydrogens (tertiary/aromatic N) is 7. The van der Waals surface area contributed by atoms with Crippen molar-refractivity contribution in [3.8, 4) is 0 Å². The number of hydrogen-bond donors (Lipinski definition) is 3. The van der Waals surface area contributed by atoms with Crippen LogP contribution in [-0.2, 0) is 11.2 Å². The van der Waals surface area contributed by atoms with E-state index in [1.54, 1.807) is 13.1 Å². The smallest absolute Gasteiger partial charge is 0.355 e. The summed E-state index contributed by atoms with van der Waals surface area (Å²) in [5.41, 5.74) is 0.825. The van der Waals surface area contributed by atoms with E-state index in [1.807, 2.05) is 4.90 Å². The molecular formula is C29H35F5N10O3. The van der Waals surface area contributed by atoms with Crippen molar-refractivity contribution in [2.24, 2.45) is 17.8 Å². The maximum absolute atomic E-state index is 14.1. The second-order valence-corrected chi connectivity index (χ2v) is 13.4. The highest BCUT2D eigenvalue weighted by atomic mass is 19.4. The zero-order valence-electron chi connectivity index (χ0n) is 25.6. The molecule has 4 fully saturated rings. The number of aryl methyl sites for hydroxylation is 1. The fourth-order valence-corrected chi connectivity index (χ4v) is 7.06. The van der Waals surface area contributed by atoms with Crippen LogP contribution in [0.15, 0.2) is 10.8 Å². The van der Waals surface area contributed by atoms with Crippen molar-refractivity contribution >= 4 is 23.4 Å². The Morgan fingerprint density at radius 2 is 1.94 bits per heavy atom. The van der Waals surface area contributed by atoms with Crippen LogP contribution in [0.25, 0.3) is 5.78 Å². The number of halogens is 5. The van der Waals surface area contributed by atoms with Crippen LogP contribution in [0.2, 0.25) is 0 Å². The molecular weight excluding hydrogens is 631 g/mol. The number of carbonyl (C=O) groups is 2. The predicted molar refractivity (Wildman–Crippen MR) is 153 cm³/mol. The minimum Gasteiger partial charge on any atom is -0.355 e. The lowest BCUT2D eigenvalue weighted by Crippen LogP contribution is -2.53. The van der Waals surface area contributed by atoms with Crippen LogP contribution < -0.4 is 20.9 Å². The van der Waals surface area contributed by atoms with Gasteiger partial charge >= 0.3 is 6.18 Å². The molecule has 2 saturated carbocycles. The van der Waals surface area contributed by atoms with Gasteiger partial charge in [0.1, 0.15) is 11.4 Å². The van der Waals surface area contributed by atoms with Gasteiger partial charge in [0, 0.05) is 56.9 Å². The summed E-state index contributed by atoms with van der Waals surface area (Å²) in [6, 6.07) is -0.810. The third-order valence-corrected chi connectivity index (χ3v) is 9.98. The Bertz CT molecular complexity index is 1660. The molecule has 7 rings (SSSR count). The molecule has 13 nitrogen and oxygen atoms in total. The van der Waals surface area contributed by atoms with Crippen LogP contribution in [0.3, 0.4) is 0 Å². The van der Waals surface area contributed by atoms with E-state index in [4.69, 9.17) is 15.1 Å². The van der Waals surface area contributed by atoms with Gasteiger partial charge in [-0.1, -0.05) is 5.16 Å². The van der Waals surface area contributed by atoms with E-state index >= 15 is 0 Å². The Labute approximate surface area is 265 Å². The minimum absolute atomic E-state index is 0.0450. The Kier molecular flexibility index (Phi) is 7.82. The number of fused-ring (bicyclic) bond motifs is 1. The maximum atomic E-state index is 14.1. The number of nitrogens with one attached hydrogen (secondary N) is 3. The number of carbonyl (C=O) groups excluding carboxylic acids is 2. The van der Waals surface area contributed by atoms with Gasteiger partial charge in [-0.3, -0.25) is 9.59 Å². The lowest BCUT2D eigenvalue weighted by atomic mass is 9.81. The number of hydrogen-bond acceptors (Lipinski definition) is 10. The van der Waals surface area contributed by atoms with Crippen LogP contribution >= 0.6 is 0 Å². The maximum Gasteiger partial charge on any atom is 0.393 e. The molecule has 2 saturated heterocycles. The van der Waals surface area contributed by atoms with Gasteiger partial charge in [-0.05, 0) is 50.1 Å². The van der Waals surface area contributed by atoms with Gasteiger partial charge in [-0.2, -0.15) is 23.3 Å². The third kappa shape index (κ3) is 6.47. The van der Waals surface area contributed by atoms with Gasteiger partial charge in [-0.15, -0.1) is 0 Å². The van der Waals surface area contributed by atoms with Gasteiger partial charge in [0.25, 0.3) is 11.7 Å². The summed E-state index contributed by atoms with van der Waals surface area (Å²) in [5.74, 6) is -6.32. The van der Waals surface area contributed by atoms with Gasteiger partial charge in [0.2, 0.25) is 11.8 Å². The van der Waals surface area contributed by atoms with Crippen LogP contribution in [0, 0.1) is 24.7 Å². The fraction of sp³-hybridized carbons (Fsp3) is 0.690. The van der Waals surface area contributed by atoms with Crippen molar-refractivity contribution in [2.45, 2.75) is 82.0 Å². The lowest BCUT2D eigenvalue weighted by Gasteiger charge is -2.36. The van der Waals surface area contributed by atoms with Crippen molar-refractivity contribution < 1.29 is 36.2 Å². The summed E-state index contributed by atoms with van der Waals surface area (Å²) in [4.78, 5) is 37.6. The highest BCUT2D eigenvalue weighted by Crippen LogP contribution is 2.42. The average molecular weight is 667 g/mol. The van der Waals surface area contributed by atoms with Crippen molar-refractivity contribution in [3.63, 3.8) is 0 Å². The standard InChI is InChI=1S/C29H35F5N10O3/c1-15-21(42-47-41-15)25(46)38-22(16-2-4-28(30,31)5-3-16)20-13-44-26(37-20)39-23(43-9-8-36-27(14-43)6-7-27)19(40-44)11-17-10-18(29(32,33)34)12-35-24(17)45/h13,16-18,22,36H,2-12,14H2,1H3,(H,35,45)(H,38,46)/t17-,18-,22+/m1/s1. The van der Waals surface area contributed by atoms with E-state index in [0.717, 1.165) is 12.8 Å². The Morgan fingerprint density at radius 3 is 2.62 bits per heavy atom. The molecule has 0 radical (unpaired) electrons. The molecule has 0 aromatic carbocycles. The number of piperazine rings is 1. The van der Waals surface area contributed by atoms with Crippen molar-refractivity contribution in [1.29, 1.82) is 0 Å². The SMILES string of the molecule is Cc1nonc1C(=O)N[C@H](c1cn2nc(C[C@H]3C[C@@H](C(F)(F)F)CNC3=O)c(N3CCNC4(CC4)C3)nc2n1)C1CCC(F)(F)CC1. The summed E-state index contributed by atoms with van der Waals surface area (Å²) >= 11 is 0. The van der Waals surface area contributed by atoms with Crippen molar-refractivity contribution in [1.82, 2.24) is 45.8 Å².